The Labute approximate surface area is 163 Å². The van der Waals surface area contributed by atoms with Gasteiger partial charge in [-0.15, -0.1) is 0 Å². The molecule has 0 aliphatic heterocycles. The third-order valence-electron chi connectivity index (χ3n) is 4.02. The van der Waals surface area contributed by atoms with Gasteiger partial charge in [-0.3, -0.25) is 30.6 Å². The minimum atomic E-state index is -0.856. The summed E-state index contributed by atoms with van der Waals surface area (Å²) < 4.78 is 5.58. The van der Waals surface area contributed by atoms with Gasteiger partial charge in [-0.1, -0.05) is 39.0 Å². The van der Waals surface area contributed by atoms with Crippen LogP contribution in [0.4, 0.5) is 5.69 Å². The van der Waals surface area contributed by atoms with Crippen LogP contribution in [0.2, 0.25) is 0 Å². The molecule has 2 aromatic carbocycles. The van der Waals surface area contributed by atoms with Crippen LogP contribution in [-0.4, -0.2) is 22.8 Å². The van der Waals surface area contributed by atoms with Gasteiger partial charge in [-0.05, 0) is 36.1 Å². The molecule has 28 heavy (non-hydrogen) atoms. The van der Waals surface area contributed by atoms with Crippen molar-refractivity contribution >= 4 is 17.5 Å². The Morgan fingerprint density at radius 1 is 1.07 bits per heavy atom. The highest BCUT2D eigenvalue weighted by atomic mass is 16.6. The first-order valence-corrected chi connectivity index (χ1v) is 8.70. The summed E-state index contributed by atoms with van der Waals surface area (Å²) in [6.45, 7) is 7.85. The minimum Gasteiger partial charge on any atom is -0.481 e. The SMILES string of the molecule is C[C@H](Oc1ccc(C(C)(C)C)cc1)C(=O)NNC(=O)c1cccc([N+](=O)[O-])c1. The number of hydrogen-bond acceptors (Lipinski definition) is 5. The standard InChI is InChI=1S/C20H23N3O5/c1-13(28-17-10-8-15(9-11-17)20(2,3)4)18(24)21-22-19(25)14-6-5-7-16(12-14)23(26)27/h5-13H,1-4H3,(H,21,24)(H,22,25)/t13-/m0/s1. The quantitative estimate of drug-likeness (QED) is 0.607. The number of ether oxygens (including phenoxy) is 1. The molecule has 0 saturated carbocycles. The minimum absolute atomic E-state index is 0.0122. The van der Waals surface area contributed by atoms with E-state index < -0.39 is 22.8 Å². The van der Waals surface area contributed by atoms with Crippen LogP contribution in [0.3, 0.4) is 0 Å². The van der Waals surface area contributed by atoms with E-state index >= 15 is 0 Å². The lowest BCUT2D eigenvalue weighted by atomic mass is 9.87. The smallest absolute Gasteiger partial charge is 0.279 e. The largest absolute Gasteiger partial charge is 0.481 e. The third-order valence-corrected chi connectivity index (χ3v) is 4.02. The van der Waals surface area contributed by atoms with E-state index in [9.17, 15) is 19.7 Å². The maximum atomic E-state index is 12.1. The molecule has 2 amide bonds. The number of benzene rings is 2. The Kier molecular flexibility index (Phi) is 6.35. The molecule has 0 fully saturated rings. The lowest BCUT2D eigenvalue weighted by Gasteiger charge is -2.20. The summed E-state index contributed by atoms with van der Waals surface area (Å²) in [5, 5.41) is 10.8. The molecular weight excluding hydrogens is 362 g/mol. The van der Waals surface area contributed by atoms with E-state index in [-0.39, 0.29) is 16.7 Å². The van der Waals surface area contributed by atoms with Gasteiger partial charge in [0.25, 0.3) is 17.5 Å². The number of rotatable bonds is 5. The summed E-state index contributed by atoms with van der Waals surface area (Å²) >= 11 is 0. The van der Waals surface area contributed by atoms with Crippen molar-refractivity contribution in [1.29, 1.82) is 0 Å². The highest BCUT2D eigenvalue weighted by Gasteiger charge is 2.18. The topological polar surface area (TPSA) is 111 Å². The molecule has 148 valence electrons. The molecular formula is C20H23N3O5. The Balaban J connectivity index is 1.91. The fraction of sp³-hybridized carbons (Fsp3) is 0.300. The fourth-order valence-corrected chi connectivity index (χ4v) is 2.34. The normalized spacial score (nSPS) is 12.0. The average molecular weight is 385 g/mol. The number of nitro benzene ring substituents is 1. The lowest BCUT2D eigenvalue weighted by Crippen LogP contribution is -2.47. The summed E-state index contributed by atoms with van der Waals surface area (Å²) in [5.41, 5.74) is 5.47. The summed E-state index contributed by atoms with van der Waals surface area (Å²) in [6, 6.07) is 12.6. The second-order valence-corrected chi connectivity index (χ2v) is 7.29. The van der Waals surface area contributed by atoms with Crippen molar-refractivity contribution in [2.45, 2.75) is 39.2 Å². The summed E-state index contributed by atoms with van der Waals surface area (Å²) in [7, 11) is 0. The Bertz CT molecular complexity index is 872. The number of carbonyl (C=O) groups excluding carboxylic acids is 2. The van der Waals surface area contributed by atoms with Crippen LogP contribution in [0.15, 0.2) is 48.5 Å². The van der Waals surface area contributed by atoms with Crippen molar-refractivity contribution in [3.8, 4) is 5.75 Å². The van der Waals surface area contributed by atoms with Crippen molar-refractivity contribution < 1.29 is 19.2 Å². The van der Waals surface area contributed by atoms with Gasteiger partial charge in [0.05, 0.1) is 4.92 Å². The number of nitrogens with zero attached hydrogens (tertiary/aromatic N) is 1. The molecule has 0 saturated heterocycles. The summed E-state index contributed by atoms with van der Waals surface area (Å²) in [6.07, 6.45) is -0.856. The Morgan fingerprint density at radius 3 is 2.29 bits per heavy atom. The molecule has 8 heteroatoms. The zero-order valence-electron chi connectivity index (χ0n) is 16.2. The Morgan fingerprint density at radius 2 is 1.71 bits per heavy atom. The van der Waals surface area contributed by atoms with Crippen LogP contribution in [0.1, 0.15) is 43.6 Å². The number of non-ortho nitro benzene ring substituents is 1. The van der Waals surface area contributed by atoms with Gasteiger partial charge in [0.2, 0.25) is 0 Å². The number of nitro groups is 1. The highest BCUT2D eigenvalue weighted by Crippen LogP contribution is 2.24. The van der Waals surface area contributed by atoms with Crippen molar-refractivity contribution in [2.24, 2.45) is 0 Å². The number of hydrazine groups is 1. The molecule has 0 unspecified atom stereocenters. The van der Waals surface area contributed by atoms with E-state index in [1.807, 2.05) is 12.1 Å². The average Bonchev–Trinajstić information content (AvgIpc) is 2.65. The second-order valence-electron chi connectivity index (χ2n) is 7.29. The molecule has 0 aromatic heterocycles. The lowest BCUT2D eigenvalue weighted by molar-refractivity contribution is -0.384. The maximum absolute atomic E-state index is 12.1. The van der Waals surface area contributed by atoms with Crippen molar-refractivity contribution in [2.75, 3.05) is 0 Å². The van der Waals surface area contributed by atoms with Gasteiger partial charge in [-0.25, -0.2) is 0 Å². The molecule has 0 aliphatic carbocycles. The highest BCUT2D eigenvalue weighted by molar-refractivity contribution is 5.96. The van der Waals surface area contributed by atoms with Gasteiger partial charge >= 0.3 is 0 Å². The number of nitrogens with one attached hydrogen (secondary N) is 2. The molecule has 0 radical (unpaired) electrons. The zero-order valence-corrected chi connectivity index (χ0v) is 16.2. The van der Waals surface area contributed by atoms with Gasteiger partial charge in [-0.2, -0.15) is 0 Å². The van der Waals surface area contributed by atoms with Crippen molar-refractivity contribution in [1.82, 2.24) is 10.9 Å². The second kappa shape index (κ2) is 8.51. The van der Waals surface area contributed by atoms with Crippen molar-refractivity contribution in [3.63, 3.8) is 0 Å². The predicted molar refractivity (Wildman–Crippen MR) is 104 cm³/mol. The first-order chi connectivity index (χ1) is 13.1. The van der Waals surface area contributed by atoms with Gasteiger partial charge in [0, 0.05) is 17.7 Å². The molecule has 0 bridgehead atoms. The van der Waals surface area contributed by atoms with Crippen LogP contribution in [-0.2, 0) is 10.2 Å². The van der Waals surface area contributed by atoms with Crippen molar-refractivity contribution in [3.05, 3.63) is 69.8 Å². The van der Waals surface area contributed by atoms with Gasteiger partial charge in [0.1, 0.15) is 5.75 Å². The first-order valence-electron chi connectivity index (χ1n) is 8.70. The molecule has 1 atom stereocenters. The van der Waals surface area contributed by atoms with E-state index in [0.717, 1.165) is 11.6 Å². The molecule has 0 heterocycles. The molecule has 2 aromatic rings. The van der Waals surface area contributed by atoms with E-state index in [4.69, 9.17) is 4.74 Å². The van der Waals surface area contributed by atoms with Crippen LogP contribution in [0.5, 0.6) is 5.75 Å². The molecule has 0 spiro atoms. The number of amides is 2. The predicted octanol–water partition coefficient (Wildman–Crippen LogP) is 3.12. The van der Waals surface area contributed by atoms with E-state index in [1.165, 1.54) is 18.2 Å². The summed E-state index contributed by atoms with van der Waals surface area (Å²) in [5.74, 6) is -0.696. The molecule has 2 rings (SSSR count). The number of carbonyl (C=O) groups is 2. The zero-order chi connectivity index (χ0) is 20.9. The van der Waals surface area contributed by atoms with Crippen LogP contribution in [0.25, 0.3) is 0 Å². The van der Waals surface area contributed by atoms with E-state index in [1.54, 1.807) is 19.1 Å². The first kappa shape index (κ1) is 20.9. The molecule has 8 nitrogen and oxygen atoms in total. The fourth-order valence-electron chi connectivity index (χ4n) is 2.34. The maximum Gasteiger partial charge on any atom is 0.279 e. The molecule has 0 aliphatic rings. The monoisotopic (exact) mass is 385 g/mol. The van der Waals surface area contributed by atoms with E-state index in [0.29, 0.717) is 5.75 Å². The van der Waals surface area contributed by atoms with Gasteiger partial charge in [0.15, 0.2) is 6.10 Å². The van der Waals surface area contributed by atoms with E-state index in [2.05, 4.69) is 31.6 Å². The van der Waals surface area contributed by atoms with Crippen LogP contribution >= 0.6 is 0 Å². The van der Waals surface area contributed by atoms with Gasteiger partial charge < -0.3 is 4.74 Å². The van der Waals surface area contributed by atoms with Crippen LogP contribution in [0, 0.1) is 10.1 Å². The summed E-state index contributed by atoms with van der Waals surface area (Å²) in [4.78, 5) is 34.3. The third kappa shape index (κ3) is 5.54. The van der Waals surface area contributed by atoms with Crippen LogP contribution < -0.4 is 15.6 Å². The molecule has 2 N–H and O–H groups in total. The Hall–Kier alpha value is -3.42. The number of hydrogen-bond donors (Lipinski definition) is 2.